The van der Waals surface area contributed by atoms with Gasteiger partial charge in [0.25, 0.3) is 10.0 Å². The van der Waals surface area contributed by atoms with Gasteiger partial charge >= 0.3 is 0 Å². The Bertz CT molecular complexity index is 1310. The summed E-state index contributed by atoms with van der Waals surface area (Å²) in [7, 11) is -2.19. The predicted molar refractivity (Wildman–Crippen MR) is 125 cm³/mol. The molecule has 32 heavy (non-hydrogen) atoms. The van der Waals surface area contributed by atoms with E-state index in [0.29, 0.717) is 17.8 Å². The summed E-state index contributed by atoms with van der Waals surface area (Å²) in [4.78, 5) is 9.37. The molecule has 1 heterocycles. The SMILES string of the molecule is COc1ccc(-c2cnc(NS(=O)(=O)c3ccc(C)cc3)c(Cc3ccccc3)n2)cc1. The fraction of sp³-hybridized carbons (Fsp3) is 0.120. The number of methoxy groups -OCH3 is 1. The number of anilines is 1. The second-order valence-electron chi connectivity index (χ2n) is 7.36. The first-order valence-corrected chi connectivity index (χ1v) is 11.6. The second-order valence-corrected chi connectivity index (χ2v) is 9.04. The smallest absolute Gasteiger partial charge is 0.263 e. The van der Waals surface area contributed by atoms with Crippen LogP contribution < -0.4 is 9.46 Å². The molecule has 6 nitrogen and oxygen atoms in total. The minimum absolute atomic E-state index is 0.176. The van der Waals surface area contributed by atoms with E-state index in [9.17, 15) is 8.42 Å². The molecule has 0 bridgehead atoms. The van der Waals surface area contributed by atoms with E-state index in [0.717, 1.165) is 22.4 Å². The van der Waals surface area contributed by atoms with Crippen LogP contribution in [0.1, 0.15) is 16.8 Å². The number of aromatic nitrogens is 2. The van der Waals surface area contributed by atoms with E-state index in [1.165, 1.54) is 0 Å². The van der Waals surface area contributed by atoms with Crippen molar-refractivity contribution in [2.45, 2.75) is 18.2 Å². The van der Waals surface area contributed by atoms with Gasteiger partial charge < -0.3 is 4.74 Å². The lowest BCUT2D eigenvalue weighted by Crippen LogP contribution is -2.16. The van der Waals surface area contributed by atoms with Gasteiger partial charge in [-0.3, -0.25) is 4.72 Å². The van der Waals surface area contributed by atoms with Crippen molar-refractivity contribution in [2.24, 2.45) is 0 Å². The highest BCUT2D eigenvalue weighted by atomic mass is 32.2. The van der Waals surface area contributed by atoms with Gasteiger partial charge in [-0.2, -0.15) is 0 Å². The van der Waals surface area contributed by atoms with Crippen LogP contribution in [-0.2, 0) is 16.4 Å². The van der Waals surface area contributed by atoms with Crippen LogP contribution >= 0.6 is 0 Å². The largest absolute Gasteiger partial charge is 0.497 e. The number of rotatable bonds is 7. The lowest BCUT2D eigenvalue weighted by molar-refractivity contribution is 0.415. The van der Waals surface area contributed by atoms with E-state index in [-0.39, 0.29) is 10.7 Å². The predicted octanol–water partition coefficient (Wildman–Crippen LogP) is 4.85. The van der Waals surface area contributed by atoms with Crippen molar-refractivity contribution < 1.29 is 13.2 Å². The molecule has 0 aliphatic carbocycles. The van der Waals surface area contributed by atoms with Crippen LogP contribution in [0.5, 0.6) is 5.75 Å². The highest BCUT2D eigenvalue weighted by Crippen LogP contribution is 2.25. The monoisotopic (exact) mass is 445 g/mol. The molecular formula is C25H23N3O3S. The zero-order chi connectivity index (χ0) is 22.6. The topological polar surface area (TPSA) is 81.2 Å². The molecule has 0 saturated heterocycles. The van der Waals surface area contributed by atoms with Crippen molar-refractivity contribution in [3.63, 3.8) is 0 Å². The molecule has 0 radical (unpaired) electrons. The minimum Gasteiger partial charge on any atom is -0.497 e. The molecule has 3 aromatic carbocycles. The number of sulfonamides is 1. The van der Waals surface area contributed by atoms with Gasteiger partial charge in [-0.1, -0.05) is 48.0 Å². The van der Waals surface area contributed by atoms with E-state index in [2.05, 4.69) is 9.71 Å². The molecule has 0 saturated carbocycles. The van der Waals surface area contributed by atoms with Gasteiger partial charge in [0.15, 0.2) is 5.82 Å². The fourth-order valence-corrected chi connectivity index (χ4v) is 4.27. The molecule has 162 valence electrons. The van der Waals surface area contributed by atoms with E-state index < -0.39 is 10.0 Å². The number of nitrogens with one attached hydrogen (secondary N) is 1. The maximum absolute atomic E-state index is 13.0. The quantitative estimate of drug-likeness (QED) is 0.440. The Kier molecular flexibility index (Phi) is 6.18. The Morgan fingerprint density at radius 1 is 0.906 bits per heavy atom. The maximum atomic E-state index is 13.0. The van der Waals surface area contributed by atoms with Crippen LogP contribution in [-0.4, -0.2) is 25.5 Å². The third-order valence-electron chi connectivity index (χ3n) is 5.01. The second kappa shape index (κ2) is 9.20. The van der Waals surface area contributed by atoms with Crippen LogP contribution in [0.3, 0.4) is 0 Å². The number of ether oxygens (including phenoxy) is 1. The van der Waals surface area contributed by atoms with Gasteiger partial charge in [0.1, 0.15) is 5.75 Å². The van der Waals surface area contributed by atoms with E-state index in [1.54, 1.807) is 37.6 Å². The van der Waals surface area contributed by atoms with Crippen molar-refractivity contribution in [1.29, 1.82) is 0 Å². The van der Waals surface area contributed by atoms with E-state index >= 15 is 0 Å². The molecule has 0 fully saturated rings. The summed E-state index contributed by atoms with van der Waals surface area (Å²) in [6.45, 7) is 1.91. The maximum Gasteiger partial charge on any atom is 0.263 e. The standard InChI is InChI=1S/C25H23N3O3S/c1-18-8-14-22(15-9-18)32(29,30)28-25-23(16-19-6-4-3-5-7-19)27-24(17-26-25)20-10-12-21(31-2)13-11-20/h3-15,17H,16H2,1-2H3,(H,26,28). The third kappa shape index (κ3) is 4.95. The molecular weight excluding hydrogens is 422 g/mol. The van der Waals surface area contributed by atoms with E-state index in [1.807, 2.05) is 61.5 Å². The van der Waals surface area contributed by atoms with Crippen LogP contribution in [0.4, 0.5) is 5.82 Å². The van der Waals surface area contributed by atoms with Crippen LogP contribution in [0.25, 0.3) is 11.3 Å². The van der Waals surface area contributed by atoms with Gasteiger partial charge in [0.05, 0.1) is 29.6 Å². The Morgan fingerprint density at radius 2 is 1.59 bits per heavy atom. The molecule has 0 atom stereocenters. The lowest BCUT2D eigenvalue weighted by Gasteiger charge is -2.13. The van der Waals surface area contributed by atoms with Crippen molar-refractivity contribution in [2.75, 3.05) is 11.8 Å². The zero-order valence-electron chi connectivity index (χ0n) is 17.8. The summed E-state index contributed by atoms with van der Waals surface area (Å²) in [5, 5.41) is 0. The molecule has 7 heteroatoms. The highest BCUT2D eigenvalue weighted by molar-refractivity contribution is 7.92. The first kappa shape index (κ1) is 21.5. The molecule has 0 aliphatic heterocycles. The van der Waals surface area contributed by atoms with Crippen molar-refractivity contribution >= 4 is 15.8 Å². The highest BCUT2D eigenvalue weighted by Gasteiger charge is 2.19. The molecule has 1 N–H and O–H groups in total. The molecule has 1 aromatic heterocycles. The molecule has 4 aromatic rings. The molecule has 0 aliphatic rings. The van der Waals surface area contributed by atoms with Gasteiger partial charge in [-0.05, 0) is 48.9 Å². The van der Waals surface area contributed by atoms with Crippen LogP contribution in [0.2, 0.25) is 0 Å². The Balaban J connectivity index is 1.72. The normalized spacial score (nSPS) is 11.2. The van der Waals surface area contributed by atoms with Crippen LogP contribution in [0.15, 0.2) is 90.0 Å². The minimum atomic E-state index is -3.80. The van der Waals surface area contributed by atoms with Gasteiger partial charge in [0.2, 0.25) is 0 Å². The first-order chi connectivity index (χ1) is 15.4. The Hall–Kier alpha value is -3.71. The average Bonchev–Trinajstić information content (AvgIpc) is 2.81. The molecule has 4 rings (SSSR count). The number of aryl methyl sites for hydroxylation is 1. The van der Waals surface area contributed by atoms with E-state index in [4.69, 9.17) is 9.72 Å². The van der Waals surface area contributed by atoms with Gasteiger partial charge in [0, 0.05) is 12.0 Å². The average molecular weight is 446 g/mol. The summed E-state index contributed by atoms with van der Waals surface area (Å²) in [5.41, 5.74) is 4.04. The van der Waals surface area contributed by atoms with Crippen molar-refractivity contribution in [1.82, 2.24) is 9.97 Å². The van der Waals surface area contributed by atoms with Crippen LogP contribution in [0, 0.1) is 6.92 Å². The van der Waals surface area contributed by atoms with Crippen molar-refractivity contribution in [3.05, 3.63) is 102 Å². The number of benzene rings is 3. The molecule has 0 amide bonds. The molecule has 0 unspecified atom stereocenters. The fourth-order valence-electron chi connectivity index (χ4n) is 3.23. The summed E-state index contributed by atoms with van der Waals surface area (Å²) in [6, 6.07) is 23.9. The zero-order valence-corrected chi connectivity index (χ0v) is 18.6. The lowest BCUT2D eigenvalue weighted by atomic mass is 10.1. The van der Waals surface area contributed by atoms with Gasteiger partial charge in [-0.25, -0.2) is 18.4 Å². The summed E-state index contributed by atoms with van der Waals surface area (Å²) >= 11 is 0. The summed E-state index contributed by atoms with van der Waals surface area (Å²) in [6.07, 6.45) is 2.01. The van der Waals surface area contributed by atoms with Gasteiger partial charge in [-0.15, -0.1) is 0 Å². The number of hydrogen-bond donors (Lipinski definition) is 1. The Morgan fingerprint density at radius 3 is 2.25 bits per heavy atom. The first-order valence-electron chi connectivity index (χ1n) is 10.1. The third-order valence-corrected chi connectivity index (χ3v) is 6.36. The van der Waals surface area contributed by atoms with Crippen molar-refractivity contribution in [3.8, 4) is 17.0 Å². The summed E-state index contributed by atoms with van der Waals surface area (Å²) in [5.74, 6) is 0.959. The number of nitrogens with zero attached hydrogens (tertiary/aromatic N) is 2. The number of hydrogen-bond acceptors (Lipinski definition) is 5. The summed E-state index contributed by atoms with van der Waals surface area (Å²) < 4.78 is 33.7. The Labute approximate surface area is 188 Å². The molecule has 0 spiro atoms.